The van der Waals surface area contributed by atoms with Gasteiger partial charge in [0.1, 0.15) is 0 Å². The first kappa shape index (κ1) is 15.7. The summed E-state index contributed by atoms with van der Waals surface area (Å²) < 4.78 is 0.959. The first-order chi connectivity index (χ1) is 11.1. The van der Waals surface area contributed by atoms with E-state index in [2.05, 4.69) is 21.2 Å². The van der Waals surface area contributed by atoms with Crippen molar-refractivity contribution in [2.75, 3.05) is 18.4 Å². The second-order valence-electron chi connectivity index (χ2n) is 5.54. The number of hydrogen-bond acceptors (Lipinski definition) is 2. The van der Waals surface area contributed by atoms with Gasteiger partial charge in [-0.25, -0.2) is 0 Å². The molecule has 1 aliphatic rings. The van der Waals surface area contributed by atoms with Crippen LogP contribution in [0.1, 0.15) is 33.6 Å². The summed E-state index contributed by atoms with van der Waals surface area (Å²) in [6.07, 6.45) is 2.14. The van der Waals surface area contributed by atoms with E-state index in [0.29, 0.717) is 11.1 Å². The number of likely N-dealkylation sites (tertiary alicyclic amines) is 1. The molecule has 0 bridgehead atoms. The summed E-state index contributed by atoms with van der Waals surface area (Å²) in [6.45, 7) is 1.65. The van der Waals surface area contributed by atoms with E-state index in [9.17, 15) is 9.59 Å². The van der Waals surface area contributed by atoms with Gasteiger partial charge in [0.2, 0.25) is 0 Å². The zero-order chi connectivity index (χ0) is 16.2. The van der Waals surface area contributed by atoms with Gasteiger partial charge in [-0.2, -0.15) is 0 Å². The highest BCUT2D eigenvalue weighted by Gasteiger charge is 2.19. The molecule has 1 heterocycles. The highest BCUT2D eigenvalue weighted by Crippen LogP contribution is 2.16. The number of carbonyl (C=O) groups is 2. The van der Waals surface area contributed by atoms with Gasteiger partial charge in [-0.3, -0.25) is 9.59 Å². The zero-order valence-corrected chi connectivity index (χ0v) is 14.2. The summed E-state index contributed by atoms with van der Waals surface area (Å²) in [6, 6.07) is 14.2. The monoisotopic (exact) mass is 372 g/mol. The van der Waals surface area contributed by atoms with Crippen molar-refractivity contribution >= 4 is 33.4 Å². The van der Waals surface area contributed by atoms with Crippen LogP contribution in [0.4, 0.5) is 5.69 Å². The minimum Gasteiger partial charge on any atom is -0.339 e. The largest absolute Gasteiger partial charge is 0.339 e. The third-order valence-corrected chi connectivity index (χ3v) is 4.42. The molecule has 0 aliphatic carbocycles. The number of halogens is 1. The normalized spacial score (nSPS) is 13.9. The fraction of sp³-hybridized carbons (Fsp3) is 0.222. The molecule has 0 spiro atoms. The quantitative estimate of drug-likeness (QED) is 0.886. The minimum absolute atomic E-state index is 0.0439. The van der Waals surface area contributed by atoms with Gasteiger partial charge in [0.25, 0.3) is 11.8 Å². The van der Waals surface area contributed by atoms with E-state index < -0.39 is 0 Å². The molecule has 1 N–H and O–H groups in total. The minimum atomic E-state index is -0.188. The number of hydrogen-bond donors (Lipinski definition) is 1. The van der Waals surface area contributed by atoms with Crippen LogP contribution in [-0.4, -0.2) is 29.8 Å². The smallest absolute Gasteiger partial charge is 0.255 e. The van der Waals surface area contributed by atoms with Gasteiger partial charge in [0, 0.05) is 34.4 Å². The van der Waals surface area contributed by atoms with E-state index >= 15 is 0 Å². The molecule has 3 rings (SSSR count). The summed E-state index contributed by atoms with van der Waals surface area (Å²) >= 11 is 3.36. The Balaban J connectivity index is 1.67. The van der Waals surface area contributed by atoms with Gasteiger partial charge >= 0.3 is 0 Å². The average molecular weight is 373 g/mol. The predicted molar refractivity (Wildman–Crippen MR) is 93.7 cm³/mol. The predicted octanol–water partition coefficient (Wildman–Crippen LogP) is 3.94. The highest BCUT2D eigenvalue weighted by molar-refractivity contribution is 9.10. The molecule has 118 valence electrons. The van der Waals surface area contributed by atoms with E-state index in [-0.39, 0.29) is 11.8 Å². The first-order valence-corrected chi connectivity index (χ1v) is 8.39. The van der Waals surface area contributed by atoms with Crippen molar-refractivity contribution in [1.29, 1.82) is 0 Å². The molecule has 1 saturated heterocycles. The molecule has 4 nitrogen and oxygen atoms in total. The van der Waals surface area contributed by atoms with Gasteiger partial charge in [0.05, 0.1) is 0 Å². The van der Waals surface area contributed by atoms with Crippen molar-refractivity contribution < 1.29 is 9.59 Å². The van der Waals surface area contributed by atoms with Crippen LogP contribution in [0.15, 0.2) is 53.0 Å². The van der Waals surface area contributed by atoms with E-state index in [0.717, 1.165) is 36.1 Å². The van der Waals surface area contributed by atoms with Crippen molar-refractivity contribution in [1.82, 2.24) is 4.90 Å². The van der Waals surface area contributed by atoms with E-state index in [1.165, 1.54) is 0 Å². The van der Waals surface area contributed by atoms with Crippen molar-refractivity contribution in [3.05, 3.63) is 64.1 Å². The molecule has 0 atom stereocenters. The number of carbonyl (C=O) groups excluding carboxylic acids is 2. The van der Waals surface area contributed by atoms with Crippen LogP contribution in [0.25, 0.3) is 0 Å². The number of nitrogens with zero attached hydrogens (tertiary/aromatic N) is 1. The second-order valence-corrected chi connectivity index (χ2v) is 6.45. The molecular formula is C18H17BrN2O2. The Labute approximate surface area is 143 Å². The lowest BCUT2D eigenvalue weighted by Crippen LogP contribution is -2.27. The van der Waals surface area contributed by atoms with Crippen molar-refractivity contribution in [2.24, 2.45) is 0 Å². The van der Waals surface area contributed by atoms with Crippen molar-refractivity contribution in [3.63, 3.8) is 0 Å². The third-order valence-electron chi connectivity index (χ3n) is 3.89. The van der Waals surface area contributed by atoms with Crippen LogP contribution < -0.4 is 5.32 Å². The molecule has 5 heteroatoms. The summed E-state index contributed by atoms with van der Waals surface area (Å²) in [4.78, 5) is 26.3. The van der Waals surface area contributed by atoms with E-state index in [4.69, 9.17) is 0 Å². The Morgan fingerprint density at radius 3 is 2.04 bits per heavy atom. The van der Waals surface area contributed by atoms with E-state index in [1.807, 2.05) is 29.2 Å². The maximum absolute atomic E-state index is 12.3. The number of nitrogens with one attached hydrogen (secondary N) is 1. The first-order valence-electron chi connectivity index (χ1n) is 7.60. The van der Waals surface area contributed by atoms with Gasteiger partial charge in [0.15, 0.2) is 0 Å². The maximum Gasteiger partial charge on any atom is 0.255 e. The molecule has 1 aliphatic heterocycles. The van der Waals surface area contributed by atoms with Gasteiger partial charge in [-0.1, -0.05) is 15.9 Å². The van der Waals surface area contributed by atoms with Gasteiger partial charge < -0.3 is 10.2 Å². The number of amides is 2. The molecule has 1 fully saturated rings. The zero-order valence-electron chi connectivity index (χ0n) is 12.6. The highest BCUT2D eigenvalue weighted by atomic mass is 79.9. The van der Waals surface area contributed by atoms with Crippen LogP contribution in [-0.2, 0) is 0 Å². The lowest BCUT2D eigenvalue weighted by molar-refractivity contribution is 0.0792. The van der Waals surface area contributed by atoms with Gasteiger partial charge in [-0.05, 0) is 61.4 Å². The molecule has 0 radical (unpaired) electrons. The molecule has 2 aromatic rings. The van der Waals surface area contributed by atoms with Crippen molar-refractivity contribution in [3.8, 4) is 0 Å². The topological polar surface area (TPSA) is 49.4 Å². The third kappa shape index (κ3) is 3.79. The molecule has 0 aromatic heterocycles. The fourth-order valence-corrected chi connectivity index (χ4v) is 2.87. The lowest BCUT2D eigenvalue weighted by atomic mass is 10.1. The van der Waals surface area contributed by atoms with Crippen molar-refractivity contribution in [2.45, 2.75) is 12.8 Å². The van der Waals surface area contributed by atoms with Gasteiger partial charge in [-0.15, -0.1) is 0 Å². The maximum atomic E-state index is 12.3. The van der Waals surface area contributed by atoms with Crippen LogP contribution in [0.5, 0.6) is 0 Å². The standard InChI is InChI=1S/C18H17BrN2O2/c19-15-7-9-16(10-8-15)20-17(22)13-3-5-14(6-4-13)18(23)21-11-1-2-12-21/h3-10H,1-2,11-12H2,(H,20,22). The van der Waals surface area contributed by atoms with E-state index in [1.54, 1.807) is 24.3 Å². The SMILES string of the molecule is O=C(Nc1ccc(Br)cc1)c1ccc(C(=O)N2CCCC2)cc1. The van der Waals surface area contributed by atoms with Crippen LogP contribution in [0, 0.1) is 0 Å². The second kappa shape index (κ2) is 6.96. The van der Waals surface area contributed by atoms with Crippen LogP contribution in [0.2, 0.25) is 0 Å². The Bertz CT molecular complexity index is 705. The molecule has 23 heavy (non-hydrogen) atoms. The van der Waals surface area contributed by atoms with Crippen LogP contribution in [0.3, 0.4) is 0 Å². The summed E-state index contributed by atoms with van der Waals surface area (Å²) in [7, 11) is 0. The molecule has 0 saturated carbocycles. The molecule has 2 amide bonds. The lowest BCUT2D eigenvalue weighted by Gasteiger charge is -2.15. The Hall–Kier alpha value is -2.14. The molecule has 0 unspecified atom stereocenters. The fourth-order valence-electron chi connectivity index (χ4n) is 2.60. The summed E-state index contributed by atoms with van der Waals surface area (Å²) in [5.41, 5.74) is 1.90. The Kier molecular flexibility index (Phi) is 4.76. The molecular weight excluding hydrogens is 356 g/mol. The molecule has 2 aromatic carbocycles. The Morgan fingerprint density at radius 2 is 1.43 bits per heavy atom. The summed E-state index contributed by atoms with van der Waals surface area (Å²) in [5, 5.41) is 2.83. The number of benzene rings is 2. The summed E-state index contributed by atoms with van der Waals surface area (Å²) in [5.74, 6) is -0.144. The number of anilines is 1. The number of rotatable bonds is 3. The Morgan fingerprint density at radius 1 is 0.870 bits per heavy atom. The van der Waals surface area contributed by atoms with Crippen LogP contribution >= 0.6 is 15.9 Å². The average Bonchev–Trinajstić information content (AvgIpc) is 3.11.